The molecule has 3 rings (SSSR count). The Balaban J connectivity index is 1.75. The number of hydrogen-bond donors (Lipinski definition) is 1. The predicted molar refractivity (Wildman–Crippen MR) is 79.8 cm³/mol. The van der Waals surface area contributed by atoms with Crippen LogP contribution < -0.4 is 0 Å². The van der Waals surface area contributed by atoms with E-state index in [1.165, 1.54) is 0 Å². The first-order valence-corrected chi connectivity index (χ1v) is 7.50. The minimum absolute atomic E-state index is 0.138. The fraction of sp³-hybridized carbons (Fsp3) is 0.429. The summed E-state index contributed by atoms with van der Waals surface area (Å²) in [6.07, 6.45) is 3.78. The van der Waals surface area contributed by atoms with Gasteiger partial charge in [0, 0.05) is 22.9 Å². The lowest BCUT2D eigenvalue weighted by molar-refractivity contribution is -0.138. The van der Waals surface area contributed by atoms with Crippen LogP contribution in [0.4, 0.5) is 0 Å². The molecule has 0 saturated carbocycles. The third kappa shape index (κ3) is 2.71. The van der Waals surface area contributed by atoms with Gasteiger partial charge in [-0.05, 0) is 31.0 Å². The number of piperidine rings is 1. The van der Waals surface area contributed by atoms with E-state index in [4.69, 9.17) is 5.11 Å². The number of aromatic nitrogens is 2. The molecule has 1 aliphatic rings. The van der Waals surface area contributed by atoms with Crippen LogP contribution in [0.25, 0.3) is 10.9 Å². The van der Waals surface area contributed by atoms with Crippen LogP contribution in [0, 0.1) is 0 Å². The lowest BCUT2D eigenvalue weighted by Crippen LogP contribution is -2.38. The van der Waals surface area contributed by atoms with E-state index in [0.29, 0.717) is 6.04 Å². The number of aliphatic carboxylic acids is 1. The molecule has 0 radical (unpaired) electrons. The van der Waals surface area contributed by atoms with E-state index in [-0.39, 0.29) is 6.54 Å². The maximum Gasteiger partial charge on any atom is 0.317 e. The average molecular weight is 338 g/mol. The molecule has 0 bridgehead atoms. The molecule has 1 N–H and O–H groups in total. The quantitative estimate of drug-likeness (QED) is 0.934. The van der Waals surface area contributed by atoms with Gasteiger partial charge in [-0.1, -0.05) is 15.9 Å². The lowest BCUT2D eigenvalue weighted by atomic mass is 10.0. The van der Waals surface area contributed by atoms with Crippen molar-refractivity contribution in [2.45, 2.75) is 18.9 Å². The van der Waals surface area contributed by atoms with Gasteiger partial charge in [-0.3, -0.25) is 14.4 Å². The Labute approximate surface area is 125 Å². The second kappa shape index (κ2) is 5.54. The molecule has 0 spiro atoms. The van der Waals surface area contributed by atoms with E-state index in [2.05, 4.69) is 37.8 Å². The Morgan fingerprint density at radius 3 is 2.85 bits per heavy atom. The summed E-state index contributed by atoms with van der Waals surface area (Å²) >= 11 is 3.47. The second-order valence-corrected chi connectivity index (χ2v) is 6.11. The van der Waals surface area contributed by atoms with Crippen LogP contribution in [0.2, 0.25) is 0 Å². The molecule has 0 amide bonds. The van der Waals surface area contributed by atoms with Crippen molar-refractivity contribution in [1.82, 2.24) is 14.7 Å². The van der Waals surface area contributed by atoms with Crippen LogP contribution in [0.5, 0.6) is 0 Å². The number of carboxylic acid groups (broad SMARTS) is 1. The average Bonchev–Trinajstić information content (AvgIpc) is 2.82. The van der Waals surface area contributed by atoms with Gasteiger partial charge in [0.15, 0.2) is 0 Å². The van der Waals surface area contributed by atoms with Crippen LogP contribution in [-0.2, 0) is 4.79 Å². The van der Waals surface area contributed by atoms with E-state index in [9.17, 15) is 4.79 Å². The van der Waals surface area contributed by atoms with Gasteiger partial charge in [-0.15, -0.1) is 0 Å². The highest BCUT2D eigenvalue weighted by Crippen LogP contribution is 2.27. The highest BCUT2D eigenvalue weighted by molar-refractivity contribution is 9.10. The van der Waals surface area contributed by atoms with Gasteiger partial charge in [0.25, 0.3) is 0 Å². The second-order valence-electron chi connectivity index (χ2n) is 5.19. The van der Waals surface area contributed by atoms with E-state index >= 15 is 0 Å². The summed E-state index contributed by atoms with van der Waals surface area (Å²) in [4.78, 5) is 12.7. The van der Waals surface area contributed by atoms with Gasteiger partial charge in [-0.2, -0.15) is 5.10 Å². The van der Waals surface area contributed by atoms with Crippen molar-refractivity contribution in [2.75, 3.05) is 19.6 Å². The van der Waals surface area contributed by atoms with Crippen molar-refractivity contribution < 1.29 is 9.90 Å². The molecule has 0 unspecified atom stereocenters. The molecule has 20 heavy (non-hydrogen) atoms. The first kappa shape index (κ1) is 13.6. The Morgan fingerprint density at radius 1 is 1.40 bits per heavy atom. The number of carbonyl (C=O) groups is 1. The maximum atomic E-state index is 10.7. The zero-order valence-electron chi connectivity index (χ0n) is 11.0. The van der Waals surface area contributed by atoms with Crippen molar-refractivity contribution in [2.24, 2.45) is 0 Å². The molecule has 1 saturated heterocycles. The molecule has 1 fully saturated rings. The molecule has 1 aromatic carbocycles. The molecule has 2 aromatic rings. The van der Waals surface area contributed by atoms with Crippen LogP contribution in [-0.4, -0.2) is 45.4 Å². The van der Waals surface area contributed by atoms with Crippen molar-refractivity contribution in [1.29, 1.82) is 0 Å². The number of rotatable bonds is 3. The Morgan fingerprint density at radius 2 is 2.15 bits per heavy atom. The topological polar surface area (TPSA) is 58.4 Å². The minimum atomic E-state index is -0.752. The number of hydrogen-bond acceptors (Lipinski definition) is 3. The van der Waals surface area contributed by atoms with Gasteiger partial charge < -0.3 is 5.11 Å². The summed E-state index contributed by atoms with van der Waals surface area (Å²) in [5.41, 5.74) is 1.14. The zero-order chi connectivity index (χ0) is 14.1. The van der Waals surface area contributed by atoms with E-state index in [1.54, 1.807) is 0 Å². The molecule has 1 aliphatic heterocycles. The summed E-state index contributed by atoms with van der Waals surface area (Å²) in [7, 11) is 0. The van der Waals surface area contributed by atoms with Gasteiger partial charge in [0.05, 0.1) is 24.3 Å². The van der Waals surface area contributed by atoms with Crippen LogP contribution >= 0.6 is 15.9 Å². The first-order chi connectivity index (χ1) is 9.63. The summed E-state index contributed by atoms with van der Waals surface area (Å²) in [6, 6.07) is 6.54. The van der Waals surface area contributed by atoms with Gasteiger partial charge >= 0.3 is 5.97 Å². The van der Waals surface area contributed by atoms with E-state index in [0.717, 1.165) is 41.3 Å². The van der Waals surface area contributed by atoms with Gasteiger partial charge in [0.2, 0.25) is 0 Å². The number of fused-ring (bicyclic) bond motifs is 1. The Bertz CT molecular complexity index is 632. The fourth-order valence-corrected chi connectivity index (χ4v) is 3.21. The van der Waals surface area contributed by atoms with Crippen molar-refractivity contribution in [3.05, 3.63) is 28.9 Å². The van der Waals surface area contributed by atoms with Gasteiger partial charge in [0.1, 0.15) is 0 Å². The van der Waals surface area contributed by atoms with Crippen LogP contribution in [0.1, 0.15) is 18.9 Å². The Kier molecular flexibility index (Phi) is 3.76. The normalized spacial score (nSPS) is 17.6. The first-order valence-electron chi connectivity index (χ1n) is 6.70. The molecule has 6 heteroatoms. The third-order valence-corrected chi connectivity index (χ3v) is 4.31. The molecule has 5 nitrogen and oxygen atoms in total. The summed E-state index contributed by atoms with van der Waals surface area (Å²) in [5.74, 6) is -0.752. The monoisotopic (exact) mass is 337 g/mol. The summed E-state index contributed by atoms with van der Waals surface area (Å²) < 4.78 is 3.14. The van der Waals surface area contributed by atoms with Crippen LogP contribution in [0.3, 0.4) is 0 Å². The number of likely N-dealkylation sites (tertiary alicyclic amines) is 1. The standard InChI is InChI=1S/C14H16BrN3O2/c15-11-1-2-13-10(7-11)8-16-18(13)12-3-5-17(6-4-12)9-14(19)20/h1-2,7-8,12H,3-6,9H2,(H,19,20). The molecule has 1 aromatic heterocycles. The zero-order valence-corrected chi connectivity index (χ0v) is 12.6. The number of carboxylic acids is 1. The summed E-state index contributed by atoms with van der Waals surface area (Å²) in [5, 5.41) is 14.5. The number of benzene rings is 1. The predicted octanol–water partition coefficient (Wildman–Crippen LogP) is 2.52. The Hall–Kier alpha value is -1.40. The summed E-state index contributed by atoms with van der Waals surface area (Å²) in [6.45, 7) is 1.77. The fourth-order valence-electron chi connectivity index (χ4n) is 2.83. The molecular weight excluding hydrogens is 322 g/mol. The smallest absolute Gasteiger partial charge is 0.317 e. The van der Waals surface area contributed by atoms with E-state index < -0.39 is 5.97 Å². The van der Waals surface area contributed by atoms with E-state index in [1.807, 2.05) is 17.2 Å². The van der Waals surface area contributed by atoms with Crippen molar-refractivity contribution in [3.8, 4) is 0 Å². The van der Waals surface area contributed by atoms with Crippen molar-refractivity contribution >= 4 is 32.8 Å². The van der Waals surface area contributed by atoms with Gasteiger partial charge in [-0.25, -0.2) is 0 Å². The SMILES string of the molecule is O=C(O)CN1CCC(n2ncc3cc(Br)ccc32)CC1. The highest BCUT2D eigenvalue weighted by atomic mass is 79.9. The maximum absolute atomic E-state index is 10.7. The molecule has 0 aliphatic carbocycles. The third-order valence-electron chi connectivity index (χ3n) is 3.82. The minimum Gasteiger partial charge on any atom is -0.480 e. The van der Waals surface area contributed by atoms with Crippen molar-refractivity contribution in [3.63, 3.8) is 0 Å². The molecule has 106 valence electrons. The molecule has 0 atom stereocenters. The number of halogens is 1. The number of nitrogens with zero attached hydrogens (tertiary/aromatic N) is 3. The molecule has 2 heterocycles. The molecular formula is C14H16BrN3O2. The van der Waals surface area contributed by atoms with Crippen LogP contribution in [0.15, 0.2) is 28.9 Å². The lowest BCUT2D eigenvalue weighted by Gasteiger charge is -2.31. The highest BCUT2D eigenvalue weighted by Gasteiger charge is 2.23. The largest absolute Gasteiger partial charge is 0.480 e.